The van der Waals surface area contributed by atoms with Gasteiger partial charge in [0.1, 0.15) is 11.9 Å². The van der Waals surface area contributed by atoms with Gasteiger partial charge >= 0.3 is 5.97 Å². The summed E-state index contributed by atoms with van der Waals surface area (Å²) in [5.41, 5.74) is -0.0327. The molecule has 0 aliphatic heterocycles. The van der Waals surface area contributed by atoms with Gasteiger partial charge < -0.3 is 19.3 Å². The fraction of sp³-hybridized carbons (Fsp3) is 0.269. The van der Waals surface area contributed by atoms with Crippen molar-refractivity contribution in [3.8, 4) is 5.75 Å². The number of aliphatic hydroxyl groups excluding tert-OH is 1. The Kier molecular flexibility index (Phi) is 7.82. The number of hydrogen-bond donors (Lipinski definition) is 1. The molecule has 3 aromatic rings. The first-order valence-corrected chi connectivity index (χ1v) is 10.3. The lowest BCUT2D eigenvalue weighted by molar-refractivity contribution is -0.214. The van der Waals surface area contributed by atoms with Gasteiger partial charge in [0.05, 0.1) is 13.2 Å². The number of rotatable bonds is 10. The number of aliphatic hydroxyl groups is 1. The van der Waals surface area contributed by atoms with Gasteiger partial charge in [-0.1, -0.05) is 78.9 Å². The van der Waals surface area contributed by atoms with Crippen LogP contribution in [0.5, 0.6) is 5.75 Å². The Hall–Kier alpha value is -3.15. The molecule has 31 heavy (non-hydrogen) atoms. The molecule has 0 saturated carbocycles. The highest BCUT2D eigenvalue weighted by atomic mass is 16.7. The highest BCUT2D eigenvalue weighted by molar-refractivity contribution is 5.78. The Morgan fingerprint density at radius 2 is 1.45 bits per heavy atom. The summed E-state index contributed by atoms with van der Waals surface area (Å²) >= 11 is 0. The monoisotopic (exact) mass is 420 g/mol. The minimum absolute atomic E-state index is 0.173. The van der Waals surface area contributed by atoms with Crippen molar-refractivity contribution in [2.75, 3.05) is 6.61 Å². The second-order valence-corrected chi connectivity index (χ2v) is 7.38. The average molecular weight is 421 g/mol. The van der Waals surface area contributed by atoms with Crippen LogP contribution in [0.25, 0.3) is 0 Å². The fourth-order valence-electron chi connectivity index (χ4n) is 3.30. The Balaban J connectivity index is 1.98. The molecule has 3 atom stereocenters. The zero-order valence-corrected chi connectivity index (χ0v) is 17.8. The van der Waals surface area contributed by atoms with Gasteiger partial charge in [0, 0.05) is 0 Å². The van der Waals surface area contributed by atoms with Crippen LogP contribution in [-0.4, -0.2) is 24.0 Å². The number of hydrogen-bond acceptors (Lipinski definition) is 5. The van der Waals surface area contributed by atoms with Gasteiger partial charge in [-0.15, -0.1) is 0 Å². The molecule has 0 radical (unpaired) electrons. The minimum Gasteiger partial charge on any atom is -0.465 e. The third-order valence-corrected chi connectivity index (χ3v) is 5.12. The first-order valence-electron chi connectivity index (χ1n) is 10.3. The van der Waals surface area contributed by atoms with E-state index in [2.05, 4.69) is 0 Å². The Morgan fingerprint density at radius 3 is 2.03 bits per heavy atom. The molecule has 5 nitrogen and oxygen atoms in total. The fourth-order valence-corrected chi connectivity index (χ4v) is 3.30. The van der Waals surface area contributed by atoms with E-state index in [9.17, 15) is 9.90 Å². The number of carbonyl (C=O) groups excluding carboxylic acids is 1. The summed E-state index contributed by atoms with van der Waals surface area (Å²) in [7, 11) is 0. The van der Waals surface area contributed by atoms with Gasteiger partial charge in [-0.3, -0.25) is 4.79 Å². The van der Waals surface area contributed by atoms with E-state index in [1.165, 1.54) is 0 Å². The molecule has 0 amide bonds. The zero-order valence-electron chi connectivity index (χ0n) is 17.8. The van der Waals surface area contributed by atoms with Gasteiger partial charge in [0.2, 0.25) is 6.29 Å². The smallest absolute Gasteiger partial charge is 0.321 e. The molecule has 1 N–H and O–H groups in total. The molecule has 3 unspecified atom stereocenters. The van der Waals surface area contributed by atoms with Gasteiger partial charge in [-0.25, -0.2) is 0 Å². The van der Waals surface area contributed by atoms with Crippen molar-refractivity contribution in [3.63, 3.8) is 0 Å². The molecule has 0 aliphatic rings. The first kappa shape index (κ1) is 22.5. The van der Waals surface area contributed by atoms with E-state index >= 15 is 0 Å². The van der Waals surface area contributed by atoms with E-state index in [-0.39, 0.29) is 13.2 Å². The highest BCUT2D eigenvalue weighted by Gasteiger charge is 2.52. The zero-order chi connectivity index (χ0) is 22.1. The SMILES string of the molecule is CCOC(=O)C(C)(C(OCc1ccccc1)Oc1ccccc1)C(O)c1ccccc1. The third kappa shape index (κ3) is 5.51. The lowest BCUT2D eigenvalue weighted by Gasteiger charge is -2.38. The molecule has 0 aliphatic carbocycles. The van der Waals surface area contributed by atoms with Gasteiger partial charge in [-0.05, 0) is 37.1 Å². The van der Waals surface area contributed by atoms with Crippen LogP contribution in [0.2, 0.25) is 0 Å². The number of ether oxygens (including phenoxy) is 3. The van der Waals surface area contributed by atoms with Gasteiger partial charge in [0.15, 0.2) is 5.41 Å². The van der Waals surface area contributed by atoms with Crippen molar-refractivity contribution in [1.29, 1.82) is 0 Å². The summed E-state index contributed by atoms with van der Waals surface area (Å²) < 4.78 is 17.6. The Labute approximate surface area is 183 Å². The molecule has 0 bridgehead atoms. The number of esters is 1. The van der Waals surface area contributed by atoms with Crippen molar-refractivity contribution in [2.45, 2.75) is 32.8 Å². The molecule has 3 rings (SSSR count). The van der Waals surface area contributed by atoms with E-state index in [0.717, 1.165) is 5.56 Å². The predicted octanol–water partition coefficient (Wildman–Crippen LogP) is 4.91. The lowest BCUT2D eigenvalue weighted by Crippen LogP contribution is -2.50. The van der Waals surface area contributed by atoms with Crippen LogP contribution in [0.3, 0.4) is 0 Å². The maximum absolute atomic E-state index is 13.2. The molecule has 3 aromatic carbocycles. The van der Waals surface area contributed by atoms with Crippen molar-refractivity contribution < 1.29 is 24.1 Å². The Morgan fingerprint density at radius 1 is 0.903 bits per heavy atom. The third-order valence-electron chi connectivity index (χ3n) is 5.12. The average Bonchev–Trinajstić information content (AvgIpc) is 2.82. The molecule has 0 spiro atoms. The van der Waals surface area contributed by atoms with Crippen LogP contribution >= 0.6 is 0 Å². The van der Waals surface area contributed by atoms with Crippen LogP contribution in [0.15, 0.2) is 91.0 Å². The molecule has 0 aromatic heterocycles. The molecule has 0 heterocycles. The number of carbonyl (C=O) groups is 1. The van der Waals surface area contributed by atoms with E-state index in [1.54, 1.807) is 38.1 Å². The van der Waals surface area contributed by atoms with Crippen LogP contribution < -0.4 is 4.74 Å². The van der Waals surface area contributed by atoms with E-state index in [1.807, 2.05) is 66.7 Å². The normalized spacial score (nSPS) is 14.8. The van der Waals surface area contributed by atoms with Crippen LogP contribution in [0.1, 0.15) is 31.1 Å². The van der Waals surface area contributed by atoms with Gasteiger partial charge in [0.25, 0.3) is 0 Å². The number of benzene rings is 3. The minimum atomic E-state index is -1.53. The van der Waals surface area contributed by atoms with Crippen LogP contribution in [-0.2, 0) is 20.9 Å². The molecule has 0 saturated heterocycles. The molecule has 5 heteroatoms. The maximum Gasteiger partial charge on any atom is 0.321 e. The molecule has 162 valence electrons. The van der Waals surface area contributed by atoms with Gasteiger partial charge in [-0.2, -0.15) is 0 Å². The largest absolute Gasteiger partial charge is 0.465 e. The first-order chi connectivity index (χ1) is 15.1. The summed E-state index contributed by atoms with van der Waals surface area (Å²) in [5.74, 6) is -0.0725. The predicted molar refractivity (Wildman–Crippen MR) is 118 cm³/mol. The quantitative estimate of drug-likeness (QED) is 0.373. The summed E-state index contributed by atoms with van der Waals surface area (Å²) in [6.07, 6.45) is -2.32. The number of para-hydroxylation sites is 1. The summed E-state index contributed by atoms with van der Waals surface area (Å²) in [6, 6.07) is 27.7. The summed E-state index contributed by atoms with van der Waals surface area (Å²) in [6.45, 7) is 3.72. The summed E-state index contributed by atoms with van der Waals surface area (Å²) in [5, 5.41) is 11.3. The second kappa shape index (κ2) is 10.8. The van der Waals surface area contributed by atoms with E-state index in [0.29, 0.717) is 11.3 Å². The highest BCUT2D eigenvalue weighted by Crippen LogP contribution is 2.41. The van der Waals surface area contributed by atoms with Crippen molar-refractivity contribution in [3.05, 3.63) is 102 Å². The summed E-state index contributed by atoms with van der Waals surface area (Å²) in [4.78, 5) is 13.2. The Bertz CT molecular complexity index is 930. The molecular weight excluding hydrogens is 392 g/mol. The maximum atomic E-state index is 13.2. The lowest BCUT2D eigenvalue weighted by atomic mass is 9.79. The molecular formula is C26H28O5. The van der Waals surface area contributed by atoms with Crippen molar-refractivity contribution in [2.24, 2.45) is 5.41 Å². The molecule has 0 fully saturated rings. The van der Waals surface area contributed by atoms with Crippen molar-refractivity contribution >= 4 is 5.97 Å². The topological polar surface area (TPSA) is 65.0 Å². The second-order valence-electron chi connectivity index (χ2n) is 7.38. The van der Waals surface area contributed by atoms with Crippen LogP contribution in [0, 0.1) is 5.41 Å². The van der Waals surface area contributed by atoms with Crippen molar-refractivity contribution in [1.82, 2.24) is 0 Å². The van der Waals surface area contributed by atoms with Crippen LogP contribution in [0.4, 0.5) is 0 Å². The van der Waals surface area contributed by atoms with E-state index in [4.69, 9.17) is 14.2 Å². The standard InChI is InChI=1S/C26H28O5/c1-3-29-24(28)26(2,23(27)21-15-9-5-10-16-21)25(31-22-17-11-6-12-18-22)30-19-20-13-7-4-8-14-20/h4-18,23,25,27H,3,19H2,1-2H3. The van der Waals surface area contributed by atoms with E-state index < -0.39 is 23.8 Å².